The number of nitrogens with zero attached hydrogens (tertiary/aromatic N) is 1. The molecule has 0 bridgehead atoms. The lowest BCUT2D eigenvalue weighted by molar-refractivity contribution is -0.123. The van der Waals surface area contributed by atoms with Crippen molar-refractivity contribution >= 4 is 23.0 Å². The predicted octanol–water partition coefficient (Wildman–Crippen LogP) is 2.83. The molecule has 1 aliphatic carbocycles. The first kappa shape index (κ1) is 14.7. The number of hydrogen-bond acceptors (Lipinski definition) is 4. The maximum Gasteiger partial charge on any atom is 0.245 e. The molecular weight excluding hydrogens is 272 g/mol. The fourth-order valence-corrected chi connectivity index (χ4v) is 3.31. The normalized spacial score (nSPS) is 17.2. The zero-order chi connectivity index (χ0) is 14.5. The average Bonchev–Trinajstić information content (AvgIpc) is 2.87. The zero-order valence-corrected chi connectivity index (χ0v) is 12.3. The highest BCUT2D eigenvalue weighted by atomic mass is 32.1. The third-order valence-electron chi connectivity index (χ3n) is 3.59. The fourth-order valence-electron chi connectivity index (χ4n) is 2.48. The van der Waals surface area contributed by atoms with Crippen LogP contribution in [-0.4, -0.2) is 17.7 Å². The van der Waals surface area contributed by atoms with Gasteiger partial charge >= 0.3 is 0 Å². The van der Waals surface area contributed by atoms with E-state index < -0.39 is 11.8 Å². The monoisotopic (exact) mass is 290 g/mol. The largest absolute Gasteiger partial charge is 0.352 e. The number of ketones is 1. The molecule has 20 heavy (non-hydrogen) atoms. The molecule has 106 valence electrons. The lowest BCUT2D eigenvalue weighted by Crippen LogP contribution is -2.41. The first-order valence-electron chi connectivity index (χ1n) is 6.92. The highest BCUT2D eigenvalue weighted by Gasteiger charge is 2.30. The molecule has 0 radical (unpaired) electrons. The van der Waals surface area contributed by atoms with E-state index in [0.29, 0.717) is 4.88 Å². The van der Waals surface area contributed by atoms with Gasteiger partial charge in [0.2, 0.25) is 5.91 Å². The van der Waals surface area contributed by atoms with Crippen LogP contribution < -0.4 is 5.32 Å². The van der Waals surface area contributed by atoms with E-state index in [0.717, 1.165) is 30.6 Å². The van der Waals surface area contributed by atoms with Gasteiger partial charge in [0.05, 0.1) is 10.9 Å². The molecule has 1 fully saturated rings. The van der Waals surface area contributed by atoms with Crippen molar-refractivity contribution < 1.29 is 9.59 Å². The third-order valence-corrected chi connectivity index (χ3v) is 4.60. The Kier molecular flexibility index (Phi) is 4.91. The molecule has 1 N–H and O–H groups in total. The van der Waals surface area contributed by atoms with Gasteiger partial charge in [-0.2, -0.15) is 5.26 Å². The van der Waals surface area contributed by atoms with E-state index in [1.807, 2.05) is 19.1 Å². The number of thiophene rings is 1. The zero-order valence-electron chi connectivity index (χ0n) is 11.5. The Bertz CT molecular complexity index is 538. The molecule has 0 aromatic carbocycles. The number of rotatable bonds is 4. The van der Waals surface area contributed by atoms with Crippen LogP contribution in [0.25, 0.3) is 0 Å². The molecule has 1 aromatic rings. The van der Waals surface area contributed by atoms with E-state index in [2.05, 4.69) is 5.32 Å². The second kappa shape index (κ2) is 6.67. The molecule has 5 heteroatoms. The summed E-state index contributed by atoms with van der Waals surface area (Å²) < 4.78 is 0. The van der Waals surface area contributed by atoms with E-state index >= 15 is 0 Å². The second-order valence-corrected chi connectivity index (χ2v) is 6.47. The molecule has 1 heterocycles. The Morgan fingerprint density at radius 1 is 1.35 bits per heavy atom. The number of Topliss-reactive ketones (excluding diaryl/α,β-unsaturated/α-hetero) is 1. The van der Waals surface area contributed by atoms with Crippen LogP contribution in [0, 0.1) is 24.2 Å². The van der Waals surface area contributed by atoms with Gasteiger partial charge in [-0.25, -0.2) is 0 Å². The molecule has 4 nitrogen and oxygen atoms in total. The van der Waals surface area contributed by atoms with Crippen molar-refractivity contribution in [2.45, 2.75) is 45.1 Å². The van der Waals surface area contributed by atoms with Crippen LogP contribution in [0.2, 0.25) is 0 Å². The number of nitriles is 1. The Morgan fingerprint density at radius 2 is 2.05 bits per heavy atom. The predicted molar refractivity (Wildman–Crippen MR) is 77.5 cm³/mol. The summed E-state index contributed by atoms with van der Waals surface area (Å²) in [4.78, 5) is 25.8. The topological polar surface area (TPSA) is 70.0 Å². The molecule has 1 aromatic heterocycles. The highest BCUT2D eigenvalue weighted by molar-refractivity contribution is 7.14. The summed E-state index contributed by atoms with van der Waals surface area (Å²) in [5.74, 6) is -2.07. The van der Waals surface area contributed by atoms with Gasteiger partial charge in [0, 0.05) is 10.9 Å². The van der Waals surface area contributed by atoms with E-state index in [1.165, 1.54) is 17.8 Å². The van der Waals surface area contributed by atoms with Crippen LogP contribution in [0.5, 0.6) is 0 Å². The van der Waals surface area contributed by atoms with Gasteiger partial charge in [-0.05, 0) is 31.9 Å². The lowest BCUT2D eigenvalue weighted by Gasteiger charge is -2.23. The first-order chi connectivity index (χ1) is 9.61. The maximum absolute atomic E-state index is 12.2. The Balaban J connectivity index is 2.02. The SMILES string of the molecule is Cc1ccc(C(=O)C(C#N)C(=O)NC2CCCCC2)s1. The lowest BCUT2D eigenvalue weighted by atomic mass is 9.94. The van der Waals surface area contributed by atoms with Crippen LogP contribution in [0.15, 0.2) is 12.1 Å². The minimum Gasteiger partial charge on any atom is -0.352 e. The third kappa shape index (κ3) is 3.45. The standard InChI is InChI=1S/C15H18N2O2S/c1-10-7-8-13(20-10)14(18)12(9-16)15(19)17-11-5-3-2-4-6-11/h7-8,11-12H,2-6H2,1H3,(H,17,19). The van der Waals surface area contributed by atoms with E-state index in [-0.39, 0.29) is 11.8 Å². The first-order valence-corrected chi connectivity index (χ1v) is 7.74. The summed E-state index contributed by atoms with van der Waals surface area (Å²) in [6.07, 6.45) is 5.27. The number of carbonyl (C=O) groups excluding carboxylic acids is 2. The Labute approximate surface area is 122 Å². The number of carbonyl (C=O) groups is 2. The molecule has 1 unspecified atom stereocenters. The van der Waals surface area contributed by atoms with E-state index in [4.69, 9.17) is 5.26 Å². The van der Waals surface area contributed by atoms with Crippen molar-refractivity contribution in [1.82, 2.24) is 5.32 Å². The van der Waals surface area contributed by atoms with Crippen molar-refractivity contribution in [3.63, 3.8) is 0 Å². The van der Waals surface area contributed by atoms with Crippen LogP contribution in [0.1, 0.15) is 46.7 Å². The highest BCUT2D eigenvalue weighted by Crippen LogP contribution is 2.21. The second-order valence-electron chi connectivity index (χ2n) is 5.18. The number of amides is 1. The van der Waals surface area contributed by atoms with Gasteiger partial charge in [0.15, 0.2) is 11.7 Å². The molecule has 2 rings (SSSR count). The van der Waals surface area contributed by atoms with Crippen LogP contribution in [0.3, 0.4) is 0 Å². The van der Waals surface area contributed by atoms with Gasteiger partial charge in [-0.15, -0.1) is 11.3 Å². The van der Waals surface area contributed by atoms with Crippen molar-refractivity contribution in [3.8, 4) is 6.07 Å². The smallest absolute Gasteiger partial charge is 0.245 e. The van der Waals surface area contributed by atoms with E-state index in [1.54, 1.807) is 6.07 Å². The summed E-state index contributed by atoms with van der Waals surface area (Å²) in [7, 11) is 0. The van der Waals surface area contributed by atoms with Crippen molar-refractivity contribution in [3.05, 3.63) is 21.9 Å². The molecule has 1 atom stereocenters. The van der Waals surface area contributed by atoms with Crippen LogP contribution in [-0.2, 0) is 4.79 Å². The number of nitrogens with one attached hydrogen (secondary N) is 1. The van der Waals surface area contributed by atoms with Gasteiger partial charge in [-0.1, -0.05) is 19.3 Å². The van der Waals surface area contributed by atoms with Gasteiger partial charge in [0.1, 0.15) is 0 Å². The average molecular weight is 290 g/mol. The molecule has 0 aliphatic heterocycles. The fraction of sp³-hybridized carbons (Fsp3) is 0.533. The van der Waals surface area contributed by atoms with Gasteiger partial charge in [-0.3, -0.25) is 9.59 Å². The Hall–Kier alpha value is -1.67. The molecule has 0 spiro atoms. The molecule has 1 saturated carbocycles. The van der Waals surface area contributed by atoms with Crippen molar-refractivity contribution in [2.24, 2.45) is 5.92 Å². The summed E-state index contributed by atoms with van der Waals surface area (Å²) in [5.41, 5.74) is 0. The van der Waals surface area contributed by atoms with Crippen LogP contribution in [0.4, 0.5) is 0 Å². The molecule has 0 saturated heterocycles. The molecule has 1 amide bonds. The summed E-state index contributed by atoms with van der Waals surface area (Å²) in [6.45, 7) is 1.89. The van der Waals surface area contributed by atoms with Crippen molar-refractivity contribution in [2.75, 3.05) is 0 Å². The molecular formula is C15H18N2O2S. The Morgan fingerprint density at radius 3 is 2.60 bits per heavy atom. The minimum absolute atomic E-state index is 0.116. The number of aryl methyl sites for hydroxylation is 1. The maximum atomic E-state index is 12.2. The quantitative estimate of drug-likeness (QED) is 0.684. The van der Waals surface area contributed by atoms with Gasteiger partial charge < -0.3 is 5.32 Å². The summed E-state index contributed by atoms with van der Waals surface area (Å²) in [5, 5.41) is 12.0. The molecule has 1 aliphatic rings. The van der Waals surface area contributed by atoms with Gasteiger partial charge in [0.25, 0.3) is 0 Å². The summed E-state index contributed by atoms with van der Waals surface area (Å²) in [6, 6.07) is 5.47. The van der Waals surface area contributed by atoms with Crippen LogP contribution >= 0.6 is 11.3 Å². The minimum atomic E-state index is -1.23. The van der Waals surface area contributed by atoms with Crippen molar-refractivity contribution in [1.29, 1.82) is 5.26 Å². The number of hydrogen-bond donors (Lipinski definition) is 1. The summed E-state index contributed by atoms with van der Waals surface area (Å²) >= 11 is 1.32. The van der Waals surface area contributed by atoms with E-state index in [9.17, 15) is 9.59 Å².